The normalized spacial score (nSPS) is 15.8. The summed E-state index contributed by atoms with van der Waals surface area (Å²) in [5, 5.41) is 0. The Kier molecular flexibility index (Phi) is 3.19. The van der Waals surface area contributed by atoms with Crippen molar-refractivity contribution in [2.24, 2.45) is 5.73 Å². The van der Waals surface area contributed by atoms with Gasteiger partial charge < -0.3 is 5.73 Å². The lowest BCUT2D eigenvalue weighted by Gasteiger charge is -2.14. The third kappa shape index (κ3) is 2.34. The van der Waals surface area contributed by atoms with Gasteiger partial charge in [-0.2, -0.15) is 0 Å². The van der Waals surface area contributed by atoms with E-state index in [9.17, 15) is 14.0 Å². The standard InChI is InChI=1S/C12H13FN2O2/c13-10-5-8(6-14)1-2-9(10)7-15-11(16)3-4-12(15)17/h1-2,5H,3-4,6-7,14H2. The third-order valence-electron chi connectivity index (χ3n) is 2.84. The molecule has 0 aromatic heterocycles. The maximum Gasteiger partial charge on any atom is 0.229 e. The van der Waals surface area contributed by atoms with Gasteiger partial charge in [-0.25, -0.2) is 4.39 Å². The zero-order chi connectivity index (χ0) is 12.4. The average Bonchev–Trinajstić information content (AvgIpc) is 2.63. The van der Waals surface area contributed by atoms with Crippen molar-refractivity contribution in [3.63, 3.8) is 0 Å². The minimum absolute atomic E-state index is 0.00829. The lowest BCUT2D eigenvalue weighted by molar-refractivity contribution is -0.139. The first kappa shape index (κ1) is 11.7. The topological polar surface area (TPSA) is 63.4 Å². The molecule has 2 N–H and O–H groups in total. The van der Waals surface area contributed by atoms with Crippen LogP contribution < -0.4 is 5.73 Å². The van der Waals surface area contributed by atoms with Crippen LogP contribution in [0.15, 0.2) is 18.2 Å². The van der Waals surface area contributed by atoms with Gasteiger partial charge in [0.25, 0.3) is 0 Å². The number of imide groups is 1. The maximum atomic E-state index is 13.6. The van der Waals surface area contributed by atoms with Crippen molar-refractivity contribution >= 4 is 11.8 Å². The van der Waals surface area contributed by atoms with E-state index >= 15 is 0 Å². The zero-order valence-electron chi connectivity index (χ0n) is 9.28. The molecule has 2 amide bonds. The van der Waals surface area contributed by atoms with Crippen molar-refractivity contribution in [2.45, 2.75) is 25.9 Å². The number of rotatable bonds is 3. The molecule has 0 saturated carbocycles. The molecule has 1 aliphatic heterocycles. The van der Waals surface area contributed by atoms with E-state index in [4.69, 9.17) is 5.73 Å². The molecular formula is C12H13FN2O2. The Morgan fingerprint density at radius 1 is 1.24 bits per heavy atom. The lowest BCUT2D eigenvalue weighted by Crippen LogP contribution is -2.28. The second-order valence-electron chi connectivity index (χ2n) is 4.00. The Hall–Kier alpha value is -1.75. The molecule has 0 bridgehead atoms. The van der Waals surface area contributed by atoms with Crippen LogP contribution in [-0.2, 0) is 22.7 Å². The Bertz CT molecular complexity index is 458. The molecule has 1 fully saturated rings. The molecule has 5 heteroatoms. The van der Waals surface area contributed by atoms with Gasteiger partial charge in [-0.1, -0.05) is 12.1 Å². The fourth-order valence-electron chi connectivity index (χ4n) is 1.82. The minimum Gasteiger partial charge on any atom is -0.326 e. The largest absolute Gasteiger partial charge is 0.326 e. The highest BCUT2D eigenvalue weighted by molar-refractivity contribution is 6.01. The number of carbonyl (C=O) groups excluding carboxylic acids is 2. The molecule has 0 aliphatic carbocycles. The van der Waals surface area contributed by atoms with E-state index in [1.807, 2.05) is 0 Å². The highest BCUT2D eigenvalue weighted by Gasteiger charge is 2.29. The van der Waals surface area contributed by atoms with Crippen LogP contribution in [0.1, 0.15) is 24.0 Å². The number of nitrogens with two attached hydrogens (primary N) is 1. The van der Waals surface area contributed by atoms with E-state index in [0.29, 0.717) is 11.1 Å². The maximum absolute atomic E-state index is 13.6. The second kappa shape index (κ2) is 4.63. The van der Waals surface area contributed by atoms with E-state index in [1.165, 1.54) is 6.07 Å². The Morgan fingerprint density at radius 2 is 1.88 bits per heavy atom. The van der Waals surface area contributed by atoms with Gasteiger partial charge in [-0.05, 0) is 11.6 Å². The summed E-state index contributed by atoms with van der Waals surface area (Å²) in [6.45, 7) is 0.271. The van der Waals surface area contributed by atoms with Crippen LogP contribution in [-0.4, -0.2) is 16.7 Å². The van der Waals surface area contributed by atoms with Crippen molar-refractivity contribution in [3.8, 4) is 0 Å². The van der Waals surface area contributed by atoms with Gasteiger partial charge in [0.05, 0.1) is 6.54 Å². The zero-order valence-corrected chi connectivity index (χ0v) is 9.28. The van der Waals surface area contributed by atoms with Gasteiger partial charge in [-0.15, -0.1) is 0 Å². The molecular weight excluding hydrogens is 223 g/mol. The smallest absolute Gasteiger partial charge is 0.229 e. The van der Waals surface area contributed by atoms with Gasteiger partial charge in [-0.3, -0.25) is 14.5 Å². The van der Waals surface area contributed by atoms with Crippen LogP contribution in [0.25, 0.3) is 0 Å². The monoisotopic (exact) mass is 236 g/mol. The molecule has 17 heavy (non-hydrogen) atoms. The number of benzene rings is 1. The SMILES string of the molecule is NCc1ccc(CN2C(=O)CCC2=O)c(F)c1. The van der Waals surface area contributed by atoms with Crippen LogP contribution in [0.4, 0.5) is 4.39 Å². The summed E-state index contributed by atoms with van der Waals surface area (Å²) in [5.74, 6) is -0.907. The number of amides is 2. The first-order chi connectivity index (χ1) is 8.11. The Balaban J connectivity index is 2.18. The minimum atomic E-state index is -0.430. The molecule has 0 unspecified atom stereocenters. The van der Waals surface area contributed by atoms with Crippen molar-refractivity contribution < 1.29 is 14.0 Å². The molecule has 0 radical (unpaired) electrons. The summed E-state index contributed by atoms with van der Waals surface area (Å²) < 4.78 is 13.6. The van der Waals surface area contributed by atoms with E-state index in [0.717, 1.165) is 4.90 Å². The van der Waals surface area contributed by atoms with Crippen LogP contribution in [0.5, 0.6) is 0 Å². The summed E-state index contributed by atoms with van der Waals surface area (Å²) in [5.41, 5.74) is 6.42. The summed E-state index contributed by atoms with van der Waals surface area (Å²) in [7, 11) is 0. The molecule has 1 aromatic rings. The lowest BCUT2D eigenvalue weighted by atomic mass is 10.1. The van der Waals surface area contributed by atoms with Crippen LogP contribution in [0.3, 0.4) is 0 Å². The number of hydrogen-bond acceptors (Lipinski definition) is 3. The molecule has 0 spiro atoms. The second-order valence-corrected chi connectivity index (χ2v) is 4.00. The van der Waals surface area contributed by atoms with E-state index in [1.54, 1.807) is 12.1 Å². The van der Waals surface area contributed by atoms with Gasteiger partial charge in [0.1, 0.15) is 5.82 Å². The Labute approximate surface area is 98.2 Å². The van der Waals surface area contributed by atoms with Crippen LogP contribution in [0, 0.1) is 5.82 Å². The Morgan fingerprint density at radius 3 is 2.41 bits per heavy atom. The van der Waals surface area contributed by atoms with Crippen molar-refractivity contribution in [3.05, 3.63) is 35.1 Å². The molecule has 0 atom stereocenters. The number of halogens is 1. The summed E-state index contributed by atoms with van der Waals surface area (Å²) in [4.78, 5) is 23.9. The predicted molar refractivity (Wildman–Crippen MR) is 59.1 cm³/mol. The fourth-order valence-corrected chi connectivity index (χ4v) is 1.82. The van der Waals surface area contributed by atoms with Gasteiger partial charge in [0.2, 0.25) is 11.8 Å². The van der Waals surface area contributed by atoms with Crippen molar-refractivity contribution in [1.29, 1.82) is 0 Å². The van der Waals surface area contributed by atoms with E-state index in [-0.39, 0.29) is 37.7 Å². The van der Waals surface area contributed by atoms with Crippen molar-refractivity contribution in [2.75, 3.05) is 0 Å². The average molecular weight is 236 g/mol. The predicted octanol–water partition coefficient (Wildman–Crippen LogP) is 0.933. The highest BCUT2D eigenvalue weighted by Crippen LogP contribution is 2.18. The van der Waals surface area contributed by atoms with Crippen LogP contribution in [0.2, 0.25) is 0 Å². The molecule has 1 aliphatic rings. The first-order valence-electron chi connectivity index (χ1n) is 5.42. The van der Waals surface area contributed by atoms with Gasteiger partial charge >= 0.3 is 0 Å². The quantitative estimate of drug-likeness (QED) is 0.794. The number of nitrogens with zero attached hydrogens (tertiary/aromatic N) is 1. The number of likely N-dealkylation sites (tertiary alicyclic amines) is 1. The van der Waals surface area contributed by atoms with Gasteiger partial charge in [0.15, 0.2) is 0 Å². The highest BCUT2D eigenvalue weighted by atomic mass is 19.1. The van der Waals surface area contributed by atoms with E-state index in [2.05, 4.69) is 0 Å². The van der Waals surface area contributed by atoms with Crippen LogP contribution >= 0.6 is 0 Å². The number of carbonyl (C=O) groups is 2. The summed E-state index contributed by atoms with van der Waals surface area (Å²) in [6, 6.07) is 4.60. The molecule has 1 aromatic carbocycles. The van der Waals surface area contributed by atoms with Gasteiger partial charge in [0, 0.05) is 24.9 Å². The molecule has 90 valence electrons. The molecule has 1 heterocycles. The fraction of sp³-hybridized carbons (Fsp3) is 0.333. The summed E-state index contributed by atoms with van der Waals surface area (Å²) in [6.07, 6.45) is 0.447. The molecule has 4 nitrogen and oxygen atoms in total. The van der Waals surface area contributed by atoms with E-state index < -0.39 is 5.82 Å². The molecule has 1 saturated heterocycles. The first-order valence-corrected chi connectivity index (χ1v) is 5.42. The third-order valence-corrected chi connectivity index (χ3v) is 2.84. The molecule has 2 rings (SSSR count). The van der Waals surface area contributed by atoms with Crippen molar-refractivity contribution in [1.82, 2.24) is 4.90 Å². The number of hydrogen-bond donors (Lipinski definition) is 1. The summed E-state index contributed by atoms with van der Waals surface area (Å²) >= 11 is 0.